The van der Waals surface area contributed by atoms with Crippen molar-refractivity contribution in [1.29, 1.82) is 5.26 Å². The van der Waals surface area contributed by atoms with E-state index in [-0.39, 0.29) is 35.7 Å². The van der Waals surface area contributed by atoms with Crippen LogP contribution in [0, 0.1) is 27.4 Å². The maximum Gasteiger partial charge on any atom is 0.425 e. The van der Waals surface area contributed by atoms with Gasteiger partial charge in [-0.15, -0.1) is 0 Å². The number of non-ortho nitro benzene ring substituents is 1. The van der Waals surface area contributed by atoms with E-state index in [1.807, 2.05) is 18.0 Å². The molecule has 0 spiro atoms. The number of benzene rings is 1. The second-order valence-corrected chi connectivity index (χ2v) is 8.36. The third-order valence-corrected chi connectivity index (χ3v) is 6.24. The van der Waals surface area contributed by atoms with Gasteiger partial charge >= 0.3 is 6.09 Å². The molecule has 12 heteroatoms. The van der Waals surface area contributed by atoms with E-state index in [9.17, 15) is 19.7 Å². The summed E-state index contributed by atoms with van der Waals surface area (Å²) in [4.78, 5) is 47.7. The van der Waals surface area contributed by atoms with E-state index in [0.717, 1.165) is 6.42 Å². The number of hydrogen-bond acceptors (Lipinski definition) is 9. The van der Waals surface area contributed by atoms with Crippen molar-refractivity contribution in [2.75, 3.05) is 25.0 Å². The van der Waals surface area contributed by atoms with Gasteiger partial charge < -0.3 is 14.5 Å². The average molecular weight is 477 g/mol. The zero-order valence-corrected chi connectivity index (χ0v) is 19.2. The SMILES string of the molecule is CC1CCN(C(=O)CC#N)CC1N(C)c1ncnc2c1ccn2C(=O)Oc1ccc([N+](=O)[O-])cc1. The summed E-state index contributed by atoms with van der Waals surface area (Å²) >= 11 is 0. The number of nitro groups is 1. The van der Waals surface area contributed by atoms with Gasteiger partial charge in [0.15, 0.2) is 5.65 Å². The fourth-order valence-corrected chi connectivity index (χ4v) is 4.27. The second kappa shape index (κ2) is 9.76. The van der Waals surface area contributed by atoms with E-state index in [0.29, 0.717) is 29.9 Å². The van der Waals surface area contributed by atoms with E-state index in [2.05, 4.69) is 16.9 Å². The summed E-state index contributed by atoms with van der Waals surface area (Å²) in [7, 11) is 1.88. The van der Waals surface area contributed by atoms with Gasteiger partial charge in [0, 0.05) is 38.5 Å². The predicted octanol–water partition coefficient (Wildman–Crippen LogP) is 2.97. The van der Waals surface area contributed by atoms with Crippen LogP contribution in [0.5, 0.6) is 5.75 Å². The molecule has 0 N–H and O–H groups in total. The van der Waals surface area contributed by atoms with Crippen LogP contribution in [0.2, 0.25) is 0 Å². The summed E-state index contributed by atoms with van der Waals surface area (Å²) in [5, 5.41) is 20.3. The highest BCUT2D eigenvalue weighted by Crippen LogP contribution is 2.30. The van der Waals surface area contributed by atoms with Gasteiger partial charge in [0.2, 0.25) is 5.91 Å². The maximum atomic E-state index is 12.8. The number of fused-ring (bicyclic) bond motifs is 1. The number of carbonyl (C=O) groups is 2. The van der Waals surface area contributed by atoms with Crippen molar-refractivity contribution in [3.05, 3.63) is 53.0 Å². The van der Waals surface area contributed by atoms with E-state index < -0.39 is 11.0 Å². The third kappa shape index (κ3) is 4.74. The standard InChI is InChI=1S/C23H23N7O5/c1-15-8-11-28(20(31)7-10-24)13-19(15)27(2)21-18-9-12-29(22(18)26-14-25-21)23(32)35-17-5-3-16(4-6-17)30(33)34/h3-6,9,12,14-15,19H,7-8,11,13H2,1-2H3. The number of ether oxygens (including phenoxy) is 1. The molecule has 0 radical (unpaired) electrons. The smallest absolute Gasteiger partial charge is 0.410 e. The molecule has 3 heterocycles. The van der Waals surface area contributed by atoms with Gasteiger partial charge in [-0.2, -0.15) is 5.26 Å². The Morgan fingerprint density at radius 1 is 1.29 bits per heavy atom. The predicted molar refractivity (Wildman–Crippen MR) is 125 cm³/mol. The molecule has 180 valence electrons. The van der Waals surface area contributed by atoms with Crippen molar-refractivity contribution in [3.8, 4) is 11.8 Å². The average Bonchev–Trinajstić information content (AvgIpc) is 3.29. The van der Waals surface area contributed by atoms with Crippen molar-refractivity contribution in [2.45, 2.75) is 25.8 Å². The van der Waals surface area contributed by atoms with Crippen molar-refractivity contribution in [1.82, 2.24) is 19.4 Å². The second-order valence-electron chi connectivity index (χ2n) is 8.36. The molecular weight excluding hydrogens is 454 g/mol. The highest BCUT2D eigenvalue weighted by atomic mass is 16.6. The van der Waals surface area contributed by atoms with Crippen molar-refractivity contribution in [2.24, 2.45) is 5.92 Å². The quantitative estimate of drug-likeness (QED) is 0.399. The first-order valence-corrected chi connectivity index (χ1v) is 11.0. The summed E-state index contributed by atoms with van der Waals surface area (Å²) in [5.41, 5.74) is 0.233. The molecule has 1 fully saturated rings. The van der Waals surface area contributed by atoms with Crippen LogP contribution in [0.15, 0.2) is 42.9 Å². The number of rotatable bonds is 5. The Kier molecular flexibility index (Phi) is 6.59. The number of piperidine rings is 1. The zero-order valence-electron chi connectivity index (χ0n) is 19.2. The first kappa shape index (κ1) is 23.6. The molecule has 4 rings (SSSR count). The molecule has 1 aromatic carbocycles. The molecule has 0 saturated carbocycles. The van der Waals surface area contributed by atoms with E-state index in [4.69, 9.17) is 10.00 Å². The van der Waals surface area contributed by atoms with Crippen molar-refractivity contribution in [3.63, 3.8) is 0 Å². The van der Waals surface area contributed by atoms with Gasteiger partial charge in [-0.1, -0.05) is 6.92 Å². The van der Waals surface area contributed by atoms with Crippen LogP contribution < -0.4 is 9.64 Å². The Hall–Kier alpha value is -4.53. The number of hydrogen-bond donors (Lipinski definition) is 0. The third-order valence-electron chi connectivity index (χ3n) is 6.24. The molecule has 1 aliphatic heterocycles. The molecule has 0 bridgehead atoms. The summed E-state index contributed by atoms with van der Waals surface area (Å²) in [5.74, 6) is 0.839. The number of aromatic nitrogens is 3. The molecule has 2 atom stereocenters. The Morgan fingerprint density at radius 2 is 2.03 bits per heavy atom. The lowest BCUT2D eigenvalue weighted by Gasteiger charge is -2.42. The number of likely N-dealkylation sites (tertiary alicyclic amines) is 1. The largest absolute Gasteiger partial charge is 0.425 e. The zero-order chi connectivity index (χ0) is 25.1. The number of carbonyl (C=O) groups excluding carboxylic acids is 2. The molecule has 1 amide bonds. The Balaban J connectivity index is 1.57. The Morgan fingerprint density at radius 3 is 2.71 bits per heavy atom. The van der Waals surface area contributed by atoms with Crippen molar-refractivity contribution < 1.29 is 19.2 Å². The minimum atomic E-state index is -0.722. The molecule has 3 aromatic rings. The fraction of sp³-hybridized carbons (Fsp3) is 0.348. The maximum absolute atomic E-state index is 12.8. The molecule has 1 saturated heterocycles. The van der Waals surface area contributed by atoms with Crippen LogP contribution in [0.1, 0.15) is 19.8 Å². The summed E-state index contributed by atoms with van der Waals surface area (Å²) in [6.07, 6.45) is 2.80. The van der Waals surface area contributed by atoms with Crippen molar-refractivity contribution >= 4 is 34.5 Å². The number of nitrogens with zero attached hydrogens (tertiary/aromatic N) is 7. The molecule has 2 aromatic heterocycles. The molecular formula is C23H23N7O5. The number of anilines is 1. The molecule has 12 nitrogen and oxygen atoms in total. The van der Waals surface area contributed by atoms with Gasteiger partial charge in [0.05, 0.1) is 22.4 Å². The van der Waals surface area contributed by atoms with E-state index in [1.165, 1.54) is 41.4 Å². The Bertz CT molecular complexity index is 1310. The summed E-state index contributed by atoms with van der Waals surface area (Å²) in [6, 6.07) is 8.78. The Labute approximate surface area is 200 Å². The van der Waals surface area contributed by atoms with Crippen LogP contribution in [0.3, 0.4) is 0 Å². The number of amides is 1. The van der Waals surface area contributed by atoms with Crippen LogP contribution in [0.25, 0.3) is 11.0 Å². The van der Waals surface area contributed by atoms with Gasteiger partial charge in [-0.3, -0.25) is 14.9 Å². The number of likely N-dealkylation sites (N-methyl/N-ethyl adjacent to an activating group) is 1. The van der Waals surface area contributed by atoms with Gasteiger partial charge in [0.25, 0.3) is 5.69 Å². The molecule has 1 aliphatic rings. The lowest BCUT2D eigenvalue weighted by atomic mass is 9.92. The normalized spacial score (nSPS) is 17.6. The van der Waals surface area contributed by atoms with Gasteiger partial charge in [-0.25, -0.2) is 19.3 Å². The molecule has 2 unspecified atom stereocenters. The first-order chi connectivity index (χ1) is 16.8. The summed E-state index contributed by atoms with van der Waals surface area (Å²) < 4.78 is 6.59. The van der Waals surface area contributed by atoms with Crippen LogP contribution in [0.4, 0.5) is 16.3 Å². The fourth-order valence-electron chi connectivity index (χ4n) is 4.27. The highest BCUT2D eigenvalue weighted by molar-refractivity contribution is 5.94. The van der Waals surface area contributed by atoms with Crippen LogP contribution in [-0.4, -0.2) is 62.5 Å². The topological polar surface area (TPSA) is 147 Å². The van der Waals surface area contributed by atoms with E-state index in [1.54, 1.807) is 11.0 Å². The van der Waals surface area contributed by atoms with Gasteiger partial charge in [0.1, 0.15) is 24.3 Å². The highest BCUT2D eigenvalue weighted by Gasteiger charge is 2.33. The lowest BCUT2D eigenvalue weighted by Crippen LogP contribution is -2.52. The number of nitro benzene ring substituents is 1. The molecule has 0 aliphatic carbocycles. The van der Waals surface area contributed by atoms with E-state index >= 15 is 0 Å². The monoisotopic (exact) mass is 477 g/mol. The van der Waals surface area contributed by atoms with Crippen LogP contribution >= 0.6 is 0 Å². The lowest BCUT2D eigenvalue weighted by molar-refractivity contribution is -0.384. The van der Waals surface area contributed by atoms with Gasteiger partial charge in [-0.05, 0) is 30.5 Å². The number of nitriles is 1. The summed E-state index contributed by atoms with van der Waals surface area (Å²) in [6.45, 7) is 3.18. The minimum Gasteiger partial charge on any atom is -0.410 e. The minimum absolute atomic E-state index is 0.0418. The van der Waals surface area contributed by atoms with Crippen LogP contribution in [-0.2, 0) is 4.79 Å². The molecule has 35 heavy (non-hydrogen) atoms. The first-order valence-electron chi connectivity index (χ1n) is 11.0.